The maximum absolute atomic E-state index is 5.33. The summed E-state index contributed by atoms with van der Waals surface area (Å²) < 4.78 is 10.5. The van der Waals surface area contributed by atoms with E-state index in [0.717, 1.165) is 36.0 Å². The Labute approximate surface area is 106 Å². The quantitative estimate of drug-likeness (QED) is 0.812. The van der Waals surface area contributed by atoms with E-state index >= 15 is 0 Å². The number of aryl methyl sites for hydroxylation is 1. The Morgan fingerprint density at radius 3 is 2.72 bits per heavy atom. The van der Waals surface area contributed by atoms with E-state index in [1.54, 1.807) is 0 Å². The van der Waals surface area contributed by atoms with E-state index in [9.17, 15) is 0 Å². The van der Waals surface area contributed by atoms with E-state index in [4.69, 9.17) is 9.05 Å². The summed E-state index contributed by atoms with van der Waals surface area (Å²) in [4.78, 5) is 2.13. The lowest BCUT2D eigenvalue weighted by molar-refractivity contribution is 0.258. The lowest BCUT2D eigenvalue weighted by Crippen LogP contribution is -2.17. The first-order valence-electron chi connectivity index (χ1n) is 6.27. The van der Waals surface area contributed by atoms with Crippen LogP contribution in [0.25, 0.3) is 0 Å². The minimum absolute atomic E-state index is 0.619. The maximum atomic E-state index is 5.33. The zero-order valence-electron chi connectivity index (χ0n) is 10.7. The highest BCUT2D eigenvalue weighted by molar-refractivity contribution is 5.14. The van der Waals surface area contributed by atoms with Crippen molar-refractivity contribution in [2.75, 3.05) is 7.05 Å². The fourth-order valence-electron chi connectivity index (χ4n) is 2.05. The number of nitrogens with zero attached hydrogens (tertiary/aromatic N) is 3. The molecule has 5 heteroatoms. The summed E-state index contributed by atoms with van der Waals surface area (Å²) >= 11 is 0. The first kappa shape index (κ1) is 11.5. The third-order valence-electron chi connectivity index (χ3n) is 3.09. The molecule has 0 unspecified atom stereocenters. The molecule has 2 aromatic rings. The Balaban J connectivity index is 1.57. The van der Waals surface area contributed by atoms with Gasteiger partial charge in [-0.1, -0.05) is 10.3 Å². The Hall–Kier alpha value is -1.62. The number of hydrogen-bond acceptors (Lipinski definition) is 5. The molecule has 2 aromatic heterocycles. The number of hydrogen-bond donors (Lipinski definition) is 0. The van der Waals surface area contributed by atoms with Crippen molar-refractivity contribution < 1.29 is 9.05 Å². The molecule has 1 aliphatic carbocycles. The van der Waals surface area contributed by atoms with Gasteiger partial charge in [-0.05, 0) is 26.8 Å². The van der Waals surface area contributed by atoms with Crippen LogP contribution in [0.1, 0.15) is 41.7 Å². The van der Waals surface area contributed by atoms with Gasteiger partial charge < -0.3 is 9.05 Å². The van der Waals surface area contributed by atoms with Gasteiger partial charge in [-0.25, -0.2) is 0 Å². The van der Waals surface area contributed by atoms with Gasteiger partial charge in [0.15, 0.2) is 5.76 Å². The Morgan fingerprint density at radius 2 is 2.06 bits per heavy atom. The topological polar surface area (TPSA) is 55.3 Å². The molecule has 0 aliphatic heterocycles. The van der Waals surface area contributed by atoms with Crippen molar-refractivity contribution in [1.82, 2.24) is 15.2 Å². The molecule has 1 saturated carbocycles. The molecule has 0 N–H and O–H groups in total. The fraction of sp³-hybridized carbons (Fsp3) is 0.538. The molecule has 0 saturated heterocycles. The van der Waals surface area contributed by atoms with Crippen LogP contribution in [0.5, 0.6) is 0 Å². The van der Waals surface area contributed by atoms with E-state index < -0.39 is 0 Å². The molecule has 0 bridgehead atoms. The van der Waals surface area contributed by atoms with Crippen molar-refractivity contribution in [3.05, 3.63) is 35.0 Å². The van der Waals surface area contributed by atoms with Gasteiger partial charge in [0.2, 0.25) is 0 Å². The van der Waals surface area contributed by atoms with Gasteiger partial charge in [0.25, 0.3) is 0 Å². The number of aromatic nitrogens is 2. The van der Waals surface area contributed by atoms with Crippen molar-refractivity contribution in [2.45, 2.75) is 38.8 Å². The third kappa shape index (κ3) is 2.61. The third-order valence-corrected chi connectivity index (χ3v) is 3.09. The summed E-state index contributed by atoms with van der Waals surface area (Å²) in [7, 11) is 2.03. The van der Waals surface area contributed by atoms with E-state index in [2.05, 4.69) is 21.3 Å². The molecule has 0 atom stereocenters. The van der Waals surface area contributed by atoms with E-state index in [-0.39, 0.29) is 0 Å². The van der Waals surface area contributed by atoms with Crippen LogP contribution in [0.2, 0.25) is 0 Å². The van der Waals surface area contributed by atoms with Crippen molar-refractivity contribution in [1.29, 1.82) is 0 Å². The minimum Gasteiger partial charge on any atom is -0.361 e. The zero-order valence-corrected chi connectivity index (χ0v) is 10.7. The Bertz CT molecular complexity index is 528. The van der Waals surface area contributed by atoms with Crippen LogP contribution in [-0.4, -0.2) is 22.3 Å². The molecule has 5 nitrogen and oxygen atoms in total. The molecule has 0 radical (unpaired) electrons. The van der Waals surface area contributed by atoms with E-state index in [1.807, 2.05) is 20.0 Å². The van der Waals surface area contributed by atoms with E-state index in [1.165, 1.54) is 12.8 Å². The summed E-state index contributed by atoms with van der Waals surface area (Å²) in [5, 5.41) is 7.98. The van der Waals surface area contributed by atoms with Gasteiger partial charge in [-0.2, -0.15) is 0 Å². The number of rotatable bonds is 5. The first-order valence-corrected chi connectivity index (χ1v) is 6.27. The molecule has 96 valence electrons. The molecule has 18 heavy (non-hydrogen) atoms. The lowest BCUT2D eigenvalue weighted by Gasteiger charge is -2.11. The van der Waals surface area contributed by atoms with Gasteiger partial charge in [0, 0.05) is 24.6 Å². The predicted molar refractivity (Wildman–Crippen MR) is 64.9 cm³/mol. The smallest absolute Gasteiger partial charge is 0.150 e. The van der Waals surface area contributed by atoms with Gasteiger partial charge in [0.1, 0.15) is 5.76 Å². The van der Waals surface area contributed by atoms with Crippen molar-refractivity contribution in [2.24, 2.45) is 0 Å². The molecule has 3 rings (SSSR count). The monoisotopic (exact) mass is 247 g/mol. The molecule has 2 heterocycles. The van der Waals surface area contributed by atoms with Gasteiger partial charge in [0.05, 0.1) is 17.9 Å². The molecule has 0 spiro atoms. The van der Waals surface area contributed by atoms with Crippen molar-refractivity contribution in [3.63, 3.8) is 0 Å². The van der Waals surface area contributed by atoms with Gasteiger partial charge >= 0.3 is 0 Å². The van der Waals surface area contributed by atoms with Crippen LogP contribution >= 0.6 is 0 Å². The molecule has 1 aliphatic rings. The summed E-state index contributed by atoms with van der Waals surface area (Å²) in [6.07, 6.45) is 2.48. The van der Waals surface area contributed by atoms with Crippen LogP contribution in [0.3, 0.4) is 0 Å². The fourth-order valence-corrected chi connectivity index (χ4v) is 2.05. The largest absolute Gasteiger partial charge is 0.361 e. The molecular formula is C13H17N3O2. The van der Waals surface area contributed by atoms with Crippen LogP contribution < -0.4 is 0 Å². The van der Waals surface area contributed by atoms with Gasteiger partial charge in [-0.15, -0.1) is 0 Å². The summed E-state index contributed by atoms with van der Waals surface area (Å²) in [6, 6.07) is 4.02. The molecule has 0 amide bonds. The normalized spacial score (nSPS) is 15.5. The molecule has 1 fully saturated rings. The average Bonchev–Trinajstić information content (AvgIpc) is 2.95. The summed E-state index contributed by atoms with van der Waals surface area (Å²) in [6.45, 7) is 3.41. The SMILES string of the molecule is Cc1cc(CN(C)Cc2cc(C3CC3)on2)on1. The van der Waals surface area contributed by atoms with Crippen LogP contribution in [0.15, 0.2) is 21.2 Å². The Morgan fingerprint density at radius 1 is 1.22 bits per heavy atom. The molecule has 0 aromatic carbocycles. The second kappa shape index (κ2) is 4.57. The second-order valence-corrected chi connectivity index (χ2v) is 5.10. The standard InChI is InChI=1S/C13H17N3O2/c1-9-5-12(17-14-9)8-16(2)7-11-6-13(18-15-11)10-3-4-10/h5-6,10H,3-4,7-8H2,1-2H3. The summed E-state index contributed by atoms with van der Waals surface area (Å²) in [5.74, 6) is 2.53. The minimum atomic E-state index is 0.619. The highest BCUT2D eigenvalue weighted by atomic mass is 16.5. The first-order chi connectivity index (χ1) is 8.70. The van der Waals surface area contributed by atoms with Gasteiger partial charge in [-0.3, -0.25) is 4.90 Å². The highest BCUT2D eigenvalue weighted by Crippen LogP contribution is 2.40. The average molecular weight is 247 g/mol. The van der Waals surface area contributed by atoms with Crippen LogP contribution in [0.4, 0.5) is 0 Å². The zero-order chi connectivity index (χ0) is 12.5. The van der Waals surface area contributed by atoms with E-state index in [0.29, 0.717) is 5.92 Å². The van der Waals surface area contributed by atoms with Crippen LogP contribution in [0, 0.1) is 6.92 Å². The lowest BCUT2D eigenvalue weighted by atomic mass is 10.2. The van der Waals surface area contributed by atoms with Crippen molar-refractivity contribution >= 4 is 0 Å². The molecular weight excluding hydrogens is 230 g/mol. The van der Waals surface area contributed by atoms with Crippen molar-refractivity contribution in [3.8, 4) is 0 Å². The Kier molecular flexibility index (Phi) is 2.91. The van der Waals surface area contributed by atoms with Crippen LogP contribution in [-0.2, 0) is 13.1 Å². The highest BCUT2D eigenvalue weighted by Gasteiger charge is 2.27. The maximum Gasteiger partial charge on any atom is 0.150 e. The summed E-state index contributed by atoms with van der Waals surface area (Å²) in [5.41, 5.74) is 1.89. The predicted octanol–water partition coefficient (Wildman–Crippen LogP) is 2.48. The second-order valence-electron chi connectivity index (χ2n) is 5.10.